The van der Waals surface area contributed by atoms with Crippen LogP contribution in [-0.4, -0.2) is 5.11 Å². The third kappa shape index (κ3) is 2.31. The van der Waals surface area contributed by atoms with Crippen molar-refractivity contribution in [3.63, 3.8) is 0 Å². The number of hydrogen-bond acceptors (Lipinski definition) is 1. The lowest BCUT2D eigenvalue weighted by molar-refractivity contribution is 0.178. The highest BCUT2D eigenvalue weighted by Crippen LogP contribution is 2.24. The van der Waals surface area contributed by atoms with Crippen molar-refractivity contribution in [3.8, 4) is 0 Å². The van der Waals surface area contributed by atoms with Crippen molar-refractivity contribution in [2.75, 3.05) is 0 Å². The zero-order chi connectivity index (χ0) is 11.5. The molecule has 2 aromatic rings. The first kappa shape index (κ1) is 10.9. The summed E-state index contributed by atoms with van der Waals surface area (Å²) in [5.41, 5.74) is 1.96. The molecule has 0 aliphatic rings. The first-order valence-electron chi connectivity index (χ1n) is 5.48. The molecule has 0 aromatic heterocycles. The van der Waals surface area contributed by atoms with Crippen LogP contribution in [0.4, 0.5) is 0 Å². The Kier molecular flexibility index (Phi) is 3.07. The molecular formula is C15H16O. The van der Waals surface area contributed by atoms with Crippen molar-refractivity contribution in [3.05, 3.63) is 60.2 Å². The summed E-state index contributed by atoms with van der Waals surface area (Å²) in [5.74, 6) is 0. The van der Waals surface area contributed by atoms with Gasteiger partial charge in [0, 0.05) is 0 Å². The molecule has 0 fully saturated rings. The summed E-state index contributed by atoms with van der Waals surface area (Å²) in [6, 6.07) is 14.2. The van der Waals surface area contributed by atoms with Crippen LogP contribution < -0.4 is 0 Å². The van der Waals surface area contributed by atoms with Crippen LogP contribution in [0.3, 0.4) is 0 Å². The minimum absolute atomic E-state index is 0.442. The number of aliphatic hydroxyl groups is 1. The van der Waals surface area contributed by atoms with Gasteiger partial charge in [-0.25, -0.2) is 0 Å². The Morgan fingerprint density at radius 1 is 1.19 bits per heavy atom. The predicted molar refractivity (Wildman–Crippen MR) is 68.3 cm³/mol. The maximum absolute atomic E-state index is 9.99. The van der Waals surface area contributed by atoms with E-state index in [0.717, 1.165) is 11.1 Å². The third-order valence-corrected chi connectivity index (χ3v) is 2.70. The smallest absolute Gasteiger partial charge is 0.0827 e. The van der Waals surface area contributed by atoms with Crippen LogP contribution in [0.5, 0.6) is 0 Å². The summed E-state index contributed by atoms with van der Waals surface area (Å²) >= 11 is 0. The molecule has 16 heavy (non-hydrogen) atoms. The molecule has 0 unspecified atom stereocenters. The maximum Gasteiger partial charge on any atom is 0.0827 e. The van der Waals surface area contributed by atoms with Crippen molar-refractivity contribution in [1.82, 2.24) is 0 Å². The lowest BCUT2D eigenvalue weighted by Crippen LogP contribution is -1.97. The Balaban J connectivity index is 2.35. The highest BCUT2D eigenvalue weighted by atomic mass is 16.3. The number of rotatable bonds is 3. The second-order valence-corrected chi connectivity index (χ2v) is 4.28. The van der Waals surface area contributed by atoms with Gasteiger partial charge in [-0.1, -0.05) is 42.0 Å². The van der Waals surface area contributed by atoms with Crippen molar-refractivity contribution in [2.24, 2.45) is 0 Å². The van der Waals surface area contributed by atoms with E-state index in [4.69, 9.17) is 0 Å². The summed E-state index contributed by atoms with van der Waals surface area (Å²) in [4.78, 5) is 0. The topological polar surface area (TPSA) is 20.2 Å². The Morgan fingerprint density at radius 3 is 2.56 bits per heavy atom. The molecule has 1 atom stereocenters. The Hall–Kier alpha value is -1.60. The fourth-order valence-electron chi connectivity index (χ4n) is 1.86. The van der Waals surface area contributed by atoms with E-state index in [1.54, 1.807) is 0 Å². The number of aliphatic hydroxyl groups excluding tert-OH is 1. The van der Waals surface area contributed by atoms with E-state index in [0.29, 0.717) is 6.42 Å². The molecule has 0 bridgehead atoms. The highest BCUT2D eigenvalue weighted by Gasteiger charge is 2.07. The average molecular weight is 212 g/mol. The Morgan fingerprint density at radius 2 is 1.88 bits per heavy atom. The van der Waals surface area contributed by atoms with Gasteiger partial charge in [-0.3, -0.25) is 0 Å². The molecular weight excluding hydrogens is 196 g/mol. The summed E-state index contributed by atoms with van der Waals surface area (Å²) < 4.78 is 0. The maximum atomic E-state index is 9.99. The van der Waals surface area contributed by atoms with Gasteiger partial charge in [-0.2, -0.15) is 0 Å². The summed E-state index contributed by atoms with van der Waals surface area (Å²) in [5, 5.41) is 12.4. The highest BCUT2D eigenvalue weighted by molar-refractivity contribution is 5.83. The quantitative estimate of drug-likeness (QED) is 0.766. The van der Waals surface area contributed by atoms with E-state index >= 15 is 0 Å². The van der Waals surface area contributed by atoms with Gasteiger partial charge in [0.15, 0.2) is 0 Å². The lowest BCUT2D eigenvalue weighted by Gasteiger charge is -2.11. The van der Waals surface area contributed by atoms with Gasteiger partial charge >= 0.3 is 0 Å². The molecule has 82 valence electrons. The van der Waals surface area contributed by atoms with Gasteiger partial charge in [-0.15, -0.1) is 6.58 Å². The molecule has 0 saturated heterocycles. The third-order valence-electron chi connectivity index (χ3n) is 2.70. The fraction of sp³-hybridized carbons (Fsp3) is 0.200. The monoisotopic (exact) mass is 212 g/mol. The van der Waals surface area contributed by atoms with Gasteiger partial charge < -0.3 is 5.11 Å². The van der Waals surface area contributed by atoms with E-state index in [1.165, 1.54) is 10.8 Å². The van der Waals surface area contributed by atoms with Gasteiger partial charge in [0.25, 0.3) is 0 Å². The molecule has 1 nitrogen and oxygen atoms in total. The minimum Gasteiger partial charge on any atom is -0.388 e. The van der Waals surface area contributed by atoms with Crippen LogP contribution in [-0.2, 0) is 0 Å². The van der Waals surface area contributed by atoms with Crippen molar-refractivity contribution < 1.29 is 5.11 Å². The molecule has 0 saturated carbocycles. The van der Waals surface area contributed by atoms with Gasteiger partial charge in [0.1, 0.15) is 0 Å². The van der Waals surface area contributed by atoms with Crippen molar-refractivity contribution >= 4 is 10.8 Å². The first-order valence-corrected chi connectivity index (χ1v) is 5.48. The molecule has 2 rings (SSSR count). The van der Waals surface area contributed by atoms with Gasteiger partial charge in [0.2, 0.25) is 0 Å². The second-order valence-electron chi connectivity index (χ2n) is 4.28. The van der Waals surface area contributed by atoms with E-state index in [9.17, 15) is 5.11 Å². The molecule has 0 radical (unpaired) electrons. The van der Waals surface area contributed by atoms with E-state index in [-0.39, 0.29) is 0 Å². The Labute approximate surface area is 96.0 Å². The summed E-state index contributed by atoms with van der Waals surface area (Å²) in [6.07, 6.45) is 0.181. The van der Waals surface area contributed by atoms with Crippen LogP contribution in [0.25, 0.3) is 10.8 Å². The predicted octanol–water partition coefficient (Wildman–Crippen LogP) is 3.84. The summed E-state index contributed by atoms with van der Waals surface area (Å²) in [7, 11) is 0. The van der Waals surface area contributed by atoms with Crippen LogP contribution >= 0.6 is 0 Å². The molecule has 2 aromatic carbocycles. The van der Waals surface area contributed by atoms with Gasteiger partial charge in [0.05, 0.1) is 6.10 Å². The molecule has 0 aliphatic heterocycles. The van der Waals surface area contributed by atoms with E-state index in [1.807, 2.05) is 37.3 Å². The van der Waals surface area contributed by atoms with Crippen LogP contribution in [0.2, 0.25) is 0 Å². The van der Waals surface area contributed by atoms with Crippen LogP contribution in [0.15, 0.2) is 54.6 Å². The Bertz CT molecular complexity index is 514. The van der Waals surface area contributed by atoms with E-state index < -0.39 is 6.10 Å². The average Bonchev–Trinajstić information content (AvgIpc) is 2.27. The molecule has 1 heteroatoms. The van der Waals surface area contributed by atoms with Crippen molar-refractivity contribution in [2.45, 2.75) is 19.4 Å². The van der Waals surface area contributed by atoms with Crippen molar-refractivity contribution in [1.29, 1.82) is 0 Å². The normalized spacial score (nSPS) is 12.6. The fourth-order valence-corrected chi connectivity index (χ4v) is 1.86. The molecule has 0 heterocycles. The molecule has 0 aliphatic carbocycles. The first-order chi connectivity index (χ1) is 7.66. The lowest BCUT2D eigenvalue weighted by atomic mass is 10.00. The SMILES string of the molecule is C=C(C)C[C@@H](O)c1ccc2ccccc2c1. The standard InChI is InChI=1S/C15H16O/c1-11(2)9-15(16)14-8-7-12-5-3-4-6-13(12)10-14/h3-8,10,15-16H,1,9H2,2H3/t15-/m1/s1. The largest absolute Gasteiger partial charge is 0.388 e. The number of fused-ring (bicyclic) bond motifs is 1. The zero-order valence-corrected chi connectivity index (χ0v) is 9.48. The van der Waals surface area contributed by atoms with Gasteiger partial charge in [-0.05, 0) is 35.7 Å². The number of benzene rings is 2. The second kappa shape index (κ2) is 4.50. The van der Waals surface area contributed by atoms with Crippen LogP contribution in [0, 0.1) is 0 Å². The van der Waals surface area contributed by atoms with E-state index in [2.05, 4.69) is 18.7 Å². The minimum atomic E-state index is -0.442. The van der Waals surface area contributed by atoms with Crippen LogP contribution in [0.1, 0.15) is 25.0 Å². The molecule has 1 N–H and O–H groups in total. The number of hydrogen-bond donors (Lipinski definition) is 1. The molecule has 0 amide bonds. The molecule has 0 spiro atoms. The zero-order valence-electron chi connectivity index (χ0n) is 9.48. The summed E-state index contributed by atoms with van der Waals surface area (Å²) in [6.45, 7) is 5.76.